The monoisotopic (exact) mass is 342 g/mol. The van der Waals surface area contributed by atoms with Crippen LogP contribution in [0, 0.1) is 5.82 Å². The minimum absolute atomic E-state index is 0.153. The number of carbonyl (C=O) groups is 1. The summed E-state index contributed by atoms with van der Waals surface area (Å²) in [6.45, 7) is 5.45. The molecule has 1 heterocycles. The number of rotatable bonds is 5. The number of halogens is 1. The zero-order valence-corrected chi connectivity index (χ0v) is 14.6. The summed E-state index contributed by atoms with van der Waals surface area (Å²) in [5, 5.41) is 5.81. The first-order valence-corrected chi connectivity index (χ1v) is 8.58. The summed E-state index contributed by atoms with van der Waals surface area (Å²) in [7, 11) is 0. The highest BCUT2D eigenvalue weighted by atomic mass is 19.1. The van der Waals surface area contributed by atoms with Crippen LogP contribution in [0.3, 0.4) is 0 Å². The smallest absolute Gasteiger partial charge is 0.262 e. The highest BCUT2D eigenvalue weighted by Gasteiger charge is 2.17. The Kier molecular flexibility index (Phi) is 5.34. The molecule has 0 unspecified atom stereocenters. The third-order valence-corrected chi connectivity index (χ3v) is 4.38. The summed E-state index contributed by atoms with van der Waals surface area (Å²) in [5.41, 5.74) is 2.99. The Hall–Kier alpha value is -2.40. The van der Waals surface area contributed by atoms with Gasteiger partial charge >= 0.3 is 0 Å². The lowest BCUT2D eigenvalue weighted by Gasteiger charge is -2.19. The molecule has 1 aliphatic heterocycles. The average Bonchev–Trinajstić information content (AvgIpc) is 2.63. The molecule has 25 heavy (non-hydrogen) atoms. The average molecular weight is 342 g/mol. The number of anilines is 1. The van der Waals surface area contributed by atoms with Gasteiger partial charge in [0, 0.05) is 6.54 Å². The molecule has 0 saturated heterocycles. The van der Waals surface area contributed by atoms with Crippen LogP contribution in [0.1, 0.15) is 36.5 Å². The van der Waals surface area contributed by atoms with Crippen LogP contribution in [-0.2, 0) is 17.8 Å². The number of hydrogen-bond acceptors (Lipinski definition) is 3. The summed E-state index contributed by atoms with van der Waals surface area (Å²) in [4.78, 5) is 12.1. The molecule has 2 aromatic carbocycles. The summed E-state index contributed by atoms with van der Waals surface area (Å²) in [6, 6.07) is 11.1. The van der Waals surface area contributed by atoms with Gasteiger partial charge in [0.25, 0.3) is 5.91 Å². The van der Waals surface area contributed by atoms with Crippen molar-refractivity contribution >= 4 is 11.6 Å². The van der Waals surface area contributed by atoms with Crippen molar-refractivity contribution in [2.45, 2.75) is 32.7 Å². The molecule has 1 aliphatic rings. The number of benzene rings is 2. The van der Waals surface area contributed by atoms with E-state index in [2.05, 4.69) is 24.5 Å². The standard InChI is InChI=1S/C20H23FN2O2/c1-13(2)14-4-3-5-16(10-14)25-12-19(24)23-18-7-6-15-11-22-9-8-17(15)20(18)21/h3-7,10,13,22H,8-9,11-12H2,1-2H3,(H,23,24). The van der Waals surface area contributed by atoms with Gasteiger partial charge in [0.15, 0.2) is 6.61 Å². The number of nitrogens with one attached hydrogen (secondary N) is 2. The minimum Gasteiger partial charge on any atom is -0.484 e. The molecule has 2 N–H and O–H groups in total. The van der Waals surface area contributed by atoms with Crippen LogP contribution in [0.5, 0.6) is 5.75 Å². The third-order valence-electron chi connectivity index (χ3n) is 4.38. The lowest BCUT2D eigenvalue weighted by molar-refractivity contribution is -0.118. The van der Waals surface area contributed by atoms with E-state index in [0.29, 0.717) is 30.2 Å². The van der Waals surface area contributed by atoms with Crippen molar-refractivity contribution in [1.29, 1.82) is 0 Å². The van der Waals surface area contributed by atoms with E-state index in [4.69, 9.17) is 4.74 Å². The topological polar surface area (TPSA) is 50.4 Å². The van der Waals surface area contributed by atoms with E-state index in [1.165, 1.54) is 0 Å². The van der Waals surface area contributed by atoms with Crippen molar-refractivity contribution < 1.29 is 13.9 Å². The van der Waals surface area contributed by atoms with Crippen molar-refractivity contribution in [3.8, 4) is 5.75 Å². The van der Waals surface area contributed by atoms with Crippen molar-refractivity contribution in [3.63, 3.8) is 0 Å². The van der Waals surface area contributed by atoms with Gasteiger partial charge in [0.05, 0.1) is 5.69 Å². The molecule has 0 bridgehead atoms. The number of fused-ring (bicyclic) bond motifs is 1. The van der Waals surface area contributed by atoms with Gasteiger partial charge in [-0.25, -0.2) is 4.39 Å². The lowest BCUT2D eigenvalue weighted by atomic mass is 9.99. The van der Waals surface area contributed by atoms with Gasteiger partial charge in [0.2, 0.25) is 0 Å². The molecule has 0 radical (unpaired) electrons. The fraction of sp³-hybridized carbons (Fsp3) is 0.350. The highest BCUT2D eigenvalue weighted by molar-refractivity contribution is 5.92. The molecule has 0 fully saturated rings. The van der Waals surface area contributed by atoms with E-state index in [9.17, 15) is 9.18 Å². The molecular formula is C20H23FN2O2. The second-order valence-corrected chi connectivity index (χ2v) is 6.56. The van der Waals surface area contributed by atoms with E-state index < -0.39 is 0 Å². The Labute approximate surface area is 147 Å². The molecule has 0 saturated carbocycles. The molecule has 0 aromatic heterocycles. The van der Waals surface area contributed by atoms with Crippen LogP contribution in [-0.4, -0.2) is 19.1 Å². The Morgan fingerprint density at radius 2 is 2.16 bits per heavy atom. The first-order chi connectivity index (χ1) is 12.0. The summed E-state index contributed by atoms with van der Waals surface area (Å²) >= 11 is 0. The molecule has 0 spiro atoms. The predicted molar refractivity (Wildman–Crippen MR) is 96.5 cm³/mol. The van der Waals surface area contributed by atoms with Gasteiger partial charge in [-0.15, -0.1) is 0 Å². The van der Waals surface area contributed by atoms with E-state index in [-0.39, 0.29) is 24.0 Å². The summed E-state index contributed by atoms with van der Waals surface area (Å²) in [5.74, 6) is 0.312. The van der Waals surface area contributed by atoms with Gasteiger partial charge in [-0.3, -0.25) is 4.79 Å². The van der Waals surface area contributed by atoms with Crippen LogP contribution in [0.15, 0.2) is 36.4 Å². The van der Waals surface area contributed by atoms with Crippen LogP contribution >= 0.6 is 0 Å². The summed E-state index contributed by atoms with van der Waals surface area (Å²) < 4.78 is 20.1. The van der Waals surface area contributed by atoms with Crippen molar-refractivity contribution in [3.05, 3.63) is 58.9 Å². The maximum Gasteiger partial charge on any atom is 0.262 e. The third kappa shape index (κ3) is 4.17. The fourth-order valence-electron chi connectivity index (χ4n) is 2.93. The molecule has 132 valence electrons. The minimum atomic E-state index is -0.372. The van der Waals surface area contributed by atoms with Gasteiger partial charge in [-0.1, -0.05) is 32.0 Å². The van der Waals surface area contributed by atoms with Crippen LogP contribution < -0.4 is 15.4 Å². The zero-order valence-electron chi connectivity index (χ0n) is 14.6. The number of hydrogen-bond donors (Lipinski definition) is 2. The van der Waals surface area contributed by atoms with Crippen LogP contribution in [0.25, 0.3) is 0 Å². The van der Waals surface area contributed by atoms with Crippen molar-refractivity contribution in [1.82, 2.24) is 5.32 Å². The molecule has 1 amide bonds. The van der Waals surface area contributed by atoms with E-state index in [1.54, 1.807) is 6.07 Å². The molecule has 2 aromatic rings. The molecule has 0 atom stereocenters. The van der Waals surface area contributed by atoms with Gasteiger partial charge < -0.3 is 15.4 Å². The van der Waals surface area contributed by atoms with Crippen LogP contribution in [0.2, 0.25) is 0 Å². The Morgan fingerprint density at radius 1 is 1.32 bits per heavy atom. The molecule has 4 nitrogen and oxygen atoms in total. The molecule has 5 heteroatoms. The number of ether oxygens (including phenoxy) is 1. The fourth-order valence-corrected chi connectivity index (χ4v) is 2.93. The molecule has 3 rings (SSSR count). The normalized spacial score (nSPS) is 13.4. The quantitative estimate of drug-likeness (QED) is 0.873. The largest absolute Gasteiger partial charge is 0.484 e. The van der Waals surface area contributed by atoms with Gasteiger partial charge in [-0.05, 0) is 53.8 Å². The highest BCUT2D eigenvalue weighted by Crippen LogP contribution is 2.24. The first kappa shape index (κ1) is 17.4. The van der Waals surface area contributed by atoms with Crippen LogP contribution in [0.4, 0.5) is 10.1 Å². The number of carbonyl (C=O) groups excluding carboxylic acids is 1. The number of amides is 1. The van der Waals surface area contributed by atoms with E-state index in [0.717, 1.165) is 17.7 Å². The second kappa shape index (κ2) is 7.66. The second-order valence-electron chi connectivity index (χ2n) is 6.56. The zero-order chi connectivity index (χ0) is 17.8. The Morgan fingerprint density at radius 3 is 2.96 bits per heavy atom. The Bertz CT molecular complexity index is 774. The maximum absolute atomic E-state index is 14.5. The van der Waals surface area contributed by atoms with E-state index in [1.807, 2.05) is 30.3 Å². The van der Waals surface area contributed by atoms with E-state index >= 15 is 0 Å². The Balaban J connectivity index is 1.62. The maximum atomic E-state index is 14.5. The first-order valence-electron chi connectivity index (χ1n) is 8.58. The molecule has 0 aliphatic carbocycles. The van der Waals surface area contributed by atoms with Crippen molar-refractivity contribution in [2.75, 3.05) is 18.5 Å². The molecular weight excluding hydrogens is 319 g/mol. The van der Waals surface area contributed by atoms with Gasteiger partial charge in [-0.2, -0.15) is 0 Å². The SMILES string of the molecule is CC(C)c1cccc(OCC(=O)Nc2ccc3c(c2F)CCNC3)c1. The predicted octanol–water partition coefficient (Wildman–Crippen LogP) is 3.61. The van der Waals surface area contributed by atoms with Gasteiger partial charge in [0.1, 0.15) is 11.6 Å². The van der Waals surface area contributed by atoms with Crippen molar-refractivity contribution in [2.24, 2.45) is 0 Å². The summed E-state index contributed by atoms with van der Waals surface area (Å²) in [6.07, 6.45) is 0.628. The lowest BCUT2D eigenvalue weighted by Crippen LogP contribution is -2.26.